The number of carbonyl (C=O) groups excluding carboxylic acids is 3. The lowest BCUT2D eigenvalue weighted by molar-refractivity contribution is -0.135. The SMILES string of the molecule is CCC1(c2ccccc2)NC(=O)N(CC(=O)NCc2ccc(Cl)cc2Cl)C1=O. The quantitative estimate of drug-likeness (QED) is 0.703. The molecule has 1 aliphatic rings. The van der Waals surface area contributed by atoms with Crippen LogP contribution in [-0.4, -0.2) is 29.3 Å². The number of benzene rings is 2. The van der Waals surface area contributed by atoms with Gasteiger partial charge >= 0.3 is 6.03 Å². The van der Waals surface area contributed by atoms with Gasteiger partial charge in [0.05, 0.1) is 0 Å². The Morgan fingerprint density at radius 2 is 1.86 bits per heavy atom. The van der Waals surface area contributed by atoms with Crippen molar-refractivity contribution in [3.63, 3.8) is 0 Å². The van der Waals surface area contributed by atoms with Crippen molar-refractivity contribution in [2.75, 3.05) is 6.54 Å². The summed E-state index contributed by atoms with van der Waals surface area (Å²) in [5.74, 6) is -0.902. The van der Waals surface area contributed by atoms with E-state index >= 15 is 0 Å². The number of hydrogen-bond acceptors (Lipinski definition) is 3. The summed E-state index contributed by atoms with van der Waals surface area (Å²) in [6, 6.07) is 13.4. The van der Waals surface area contributed by atoms with Crippen LogP contribution < -0.4 is 10.6 Å². The fourth-order valence-corrected chi connectivity index (χ4v) is 3.67. The van der Waals surface area contributed by atoms with Gasteiger partial charge in [0.15, 0.2) is 0 Å². The molecular weight excluding hydrogens is 401 g/mol. The second-order valence-electron chi connectivity index (χ2n) is 6.46. The fraction of sp³-hybridized carbons (Fsp3) is 0.250. The van der Waals surface area contributed by atoms with Crippen molar-refractivity contribution in [3.05, 3.63) is 69.7 Å². The molecular formula is C20H19Cl2N3O3. The minimum absolute atomic E-state index is 0.163. The Balaban J connectivity index is 1.69. The van der Waals surface area contributed by atoms with Crippen LogP contribution in [0.2, 0.25) is 10.0 Å². The van der Waals surface area contributed by atoms with E-state index in [1.165, 1.54) is 0 Å². The first-order valence-electron chi connectivity index (χ1n) is 8.77. The summed E-state index contributed by atoms with van der Waals surface area (Å²) in [4.78, 5) is 38.7. The van der Waals surface area contributed by atoms with Crippen molar-refractivity contribution < 1.29 is 14.4 Å². The lowest BCUT2D eigenvalue weighted by Gasteiger charge is -2.25. The van der Waals surface area contributed by atoms with Crippen LogP contribution in [0.3, 0.4) is 0 Å². The van der Waals surface area contributed by atoms with E-state index in [1.54, 1.807) is 42.5 Å². The Morgan fingerprint density at radius 1 is 1.14 bits per heavy atom. The molecule has 1 unspecified atom stereocenters. The molecule has 146 valence electrons. The van der Waals surface area contributed by atoms with Gasteiger partial charge in [0.1, 0.15) is 12.1 Å². The molecule has 1 heterocycles. The second-order valence-corrected chi connectivity index (χ2v) is 7.30. The molecule has 0 radical (unpaired) electrons. The van der Waals surface area contributed by atoms with Gasteiger partial charge in [-0.2, -0.15) is 0 Å². The zero-order valence-corrected chi connectivity index (χ0v) is 16.7. The van der Waals surface area contributed by atoms with Crippen LogP contribution >= 0.6 is 23.2 Å². The summed E-state index contributed by atoms with van der Waals surface area (Å²) in [6.07, 6.45) is 0.375. The Hall–Kier alpha value is -2.57. The van der Waals surface area contributed by atoms with Crippen LogP contribution in [0.15, 0.2) is 48.5 Å². The third kappa shape index (κ3) is 3.84. The normalized spacial score (nSPS) is 18.9. The van der Waals surface area contributed by atoms with E-state index in [1.807, 2.05) is 13.0 Å². The van der Waals surface area contributed by atoms with E-state index in [-0.39, 0.29) is 13.1 Å². The summed E-state index contributed by atoms with van der Waals surface area (Å²) < 4.78 is 0. The highest BCUT2D eigenvalue weighted by atomic mass is 35.5. The molecule has 2 aromatic carbocycles. The highest BCUT2D eigenvalue weighted by Gasteiger charge is 2.51. The number of halogens is 2. The van der Waals surface area contributed by atoms with Gasteiger partial charge in [-0.15, -0.1) is 0 Å². The van der Waals surface area contributed by atoms with Crippen LogP contribution in [-0.2, 0) is 21.7 Å². The standard InChI is InChI=1S/C20H19Cl2N3O3/c1-2-20(14-6-4-3-5-7-14)18(27)25(19(28)24-20)12-17(26)23-11-13-8-9-15(21)10-16(13)22/h3-10H,2,11-12H2,1H3,(H,23,26)(H,24,28). The lowest BCUT2D eigenvalue weighted by atomic mass is 9.87. The average molecular weight is 420 g/mol. The topological polar surface area (TPSA) is 78.5 Å². The number of imide groups is 1. The molecule has 28 heavy (non-hydrogen) atoms. The lowest BCUT2D eigenvalue weighted by Crippen LogP contribution is -2.44. The molecule has 0 saturated carbocycles. The van der Waals surface area contributed by atoms with Gasteiger partial charge < -0.3 is 10.6 Å². The number of carbonyl (C=O) groups is 3. The van der Waals surface area contributed by atoms with Crippen molar-refractivity contribution >= 4 is 41.0 Å². The maximum absolute atomic E-state index is 13.0. The van der Waals surface area contributed by atoms with Gasteiger partial charge in [-0.3, -0.25) is 14.5 Å². The first-order chi connectivity index (χ1) is 13.4. The average Bonchev–Trinajstić information content (AvgIpc) is 2.93. The second kappa shape index (κ2) is 8.20. The van der Waals surface area contributed by atoms with Gasteiger partial charge in [-0.25, -0.2) is 4.79 Å². The van der Waals surface area contributed by atoms with Gasteiger partial charge in [-0.1, -0.05) is 66.5 Å². The molecule has 4 amide bonds. The molecule has 1 fully saturated rings. The maximum Gasteiger partial charge on any atom is 0.325 e. The number of nitrogens with one attached hydrogen (secondary N) is 2. The molecule has 0 spiro atoms. The molecule has 2 N–H and O–H groups in total. The van der Waals surface area contributed by atoms with Crippen LogP contribution in [0.1, 0.15) is 24.5 Å². The number of urea groups is 1. The minimum Gasteiger partial charge on any atom is -0.350 e. The summed E-state index contributed by atoms with van der Waals surface area (Å²) >= 11 is 11.9. The van der Waals surface area contributed by atoms with Crippen molar-refractivity contribution in [1.82, 2.24) is 15.5 Å². The molecule has 0 aromatic heterocycles. The molecule has 8 heteroatoms. The highest BCUT2D eigenvalue weighted by Crippen LogP contribution is 2.32. The van der Waals surface area contributed by atoms with Gasteiger partial charge in [-0.05, 0) is 29.7 Å². The van der Waals surface area contributed by atoms with Gasteiger partial charge in [0.25, 0.3) is 5.91 Å². The summed E-state index contributed by atoms with van der Waals surface area (Å²) in [7, 11) is 0. The first-order valence-corrected chi connectivity index (χ1v) is 9.53. The smallest absolute Gasteiger partial charge is 0.325 e. The molecule has 0 aliphatic carbocycles. The number of rotatable bonds is 6. The van der Waals surface area contributed by atoms with E-state index in [0.29, 0.717) is 27.6 Å². The number of amides is 4. The maximum atomic E-state index is 13.0. The first kappa shape index (κ1) is 20.2. The Kier molecular flexibility index (Phi) is 5.91. The molecule has 6 nitrogen and oxygen atoms in total. The number of hydrogen-bond donors (Lipinski definition) is 2. The largest absolute Gasteiger partial charge is 0.350 e. The highest BCUT2D eigenvalue weighted by molar-refractivity contribution is 6.35. The predicted molar refractivity (Wildman–Crippen MR) is 107 cm³/mol. The Morgan fingerprint density at radius 3 is 2.50 bits per heavy atom. The molecule has 1 aliphatic heterocycles. The van der Waals surface area contributed by atoms with Crippen molar-refractivity contribution in [3.8, 4) is 0 Å². The van der Waals surface area contributed by atoms with Crippen LogP contribution in [0.4, 0.5) is 4.79 Å². The molecule has 1 saturated heterocycles. The predicted octanol–water partition coefficient (Wildman–Crippen LogP) is 3.47. The van der Waals surface area contributed by atoms with E-state index in [2.05, 4.69) is 10.6 Å². The Bertz CT molecular complexity index is 920. The zero-order chi connectivity index (χ0) is 20.3. The minimum atomic E-state index is -1.15. The summed E-state index contributed by atoms with van der Waals surface area (Å²) in [5, 5.41) is 6.35. The molecule has 2 aromatic rings. The molecule has 3 rings (SSSR count). The van der Waals surface area contributed by atoms with E-state index in [9.17, 15) is 14.4 Å². The van der Waals surface area contributed by atoms with Crippen LogP contribution in [0, 0.1) is 0 Å². The third-order valence-electron chi connectivity index (χ3n) is 4.77. The molecule has 1 atom stereocenters. The van der Waals surface area contributed by atoms with Crippen molar-refractivity contribution in [2.45, 2.75) is 25.4 Å². The Labute approximate surface area is 172 Å². The van der Waals surface area contributed by atoms with E-state index in [4.69, 9.17) is 23.2 Å². The van der Waals surface area contributed by atoms with Gasteiger partial charge in [0.2, 0.25) is 5.91 Å². The fourth-order valence-electron chi connectivity index (χ4n) is 3.19. The third-order valence-corrected chi connectivity index (χ3v) is 5.35. The van der Waals surface area contributed by atoms with Crippen molar-refractivity contribution in [1.29, 1.82) is 0 Å². The zero-order valence-electron chi connectivity index (χ0n) is 15.2. The van der Waals surface area contributed by atoms with Crippen LogP contribution in [0.5, 0.6) is 0 Å². The van der Waals surface area contributed by atoms with E-state index < -0.39 is 23.4 Å². The summed E-state index contributed by atoms with van der Waals surface area (Å²) in [5.41, 5.74) is 0.216. The van der Waals surface area contributed by atoms with Gasteiger partial charge in [0, 0.05) is 16.6 Å². The summed E-state index contributed by atoms with van der Waals surface area (Å²) in [6.45, 7) is 1.61. The van der Waals surface area contributed by atoms with Crippen LogP contribution in [0.25, 0.3) is 0 Å². The van der Waals surface area contributed by atoms with E-state index in [0.717, 1.165) is 4.90 Å². The van der Waals surface area contributed by atoms with Crippen molar-refractivity contribution in [2.24, 2.45) is 0 Å². The number of nitrogens with zero attached hydrogens (tertiary/aromatic N) is 1. The monoisotopic (exact) mass is 419 g/mol. The molecule has 0 bridgehead atoms.